The number of hydrogen-bond acceptors (Lipinski definition) is 5. The summed E-state index contributed by atoms with van der Waals surface area (Å²) in [5.74, 6) is -0.933. The van der Waals surface area contributed by atoms with E-state index in [1.165, 1.54) is 38.4 Å². The van der Waals surface area contributed by atoms with Gasteiger partial charge in [0.1, 0.15) is 18.0 Å². The van der Waals surface area contributed by atoms with Gasteiger partial charge in [-0.25, -0.2) is 4.39 Å². The Morgan fingerprint density at radius 2 is 2.03 bits per heavy atom. The molecule has 1 aliphatic rings. The van der Waals surface area contributed by atoms with Crippen LogP contribution in [0.15, 0.2) is 42.0 Å². The molecule has 0 unspecified atom stereocenters. The fourth-order valence-electron chi connectivity index (χ4n) is 2.66. The molecule has 1 fully saturated rings. The normalized spacial score (nSPS) is 15.5. The number of halogens is 2. The fourth-order valence-corrected chi connectivity index (χ4v) is 3.11. The Bertz CT molecular complexity index is 1040. The topological polar surface area (TPSA) is 67.9 Å². The van der Waals surface area contributed by atoms with Crippen molar-refractivity contribution in [2.24, 2.45) is 0 Å². The van der Waals surface area contributed by atoms with Gasteiger partial charge in [-0.1, -0.05) is 23.7 Å². The van der Waals surface area contributed by atoms with Crippen molar-refractivity contribution in [3.05, 3.63) is 63.9 Å². The predicted molar refractivity (Wildman–Crippen MR) is 110 cm³/mol. The Hall–Kier alpha value is -2.97. The first kappa shape index (κ1) is 20.8. The summed E-state index contributed by atoms with van der Waals surface area (Å²) in [4.78, 5) is 25.6. The molecular formula is C20H16ClFN2O4S. The first-order chi connectivity index (χ1) is 13.8. The number of ether oxygens (including phenoxy) is 2. The maximum Gasteiger partial charge on any atom is 0.265 e. The molecule has 2 amide bonds. The smallest absolute Gasteiger partial charge is 0.265 e. The minimum Gasteiger partial charge on any atom is -0.493 e. The van der Waals surface area contributed by atoms with Gasteiger partial charge in [-0.3, -0.25) is 19.8 Å². The van der Waals surface area contributed by atoms with Crippen LogP contribution in [0.1, 0.15) is 11.1 Å². The molecule has 0 spiro atoms. The molecule has 2 aromatic rings. The Labute approximate surface area is 176 Å². The summed E-state index contributed by atoms with van der Waals surface area (Å²) in [7, 11) is 2.90. The number of nitrogens with zero attached hydrogens (tertiary/aromatic N) is 1. The summed E-state index contributed by atoms with van der Waals surface area (Å²) in [5.41, 5.74) is 0.995. The van der Waals surface area contributed by atoms with Crippen LogP contribution in [0.25, 0.3) is 6.08 Å². The van der Waals surface area contributed by atoms with Gasteiger partial charge in [0.15, 0.2) is 16.6 Å². The van der Waals surface area contributed by atoms with E-state index in [0.29, 0.717) is 16.9 Å². The third-order valence-electron chi connectivity index (χ3n) is 4.14. The Morgan fingerprint density at radius 3 is 2.72 bits per heavy atom. The molecule has 1 saturated heterocycles. The summed E-state index contributed by atoms with van der Waals surface area (Å²) in [5, 5.41) is 2.68. The Kier molecular flexibility index (Phi) is 6.14. The molecule has 0 saturated carbocycles. The second-order valence-corrected chi connectivity index (χ2v) is 6.93. The number of likely N-dealkylation sites (N-methyl/N-ethyl adjacent to an activating group) is 1. The van der Waals surface area contributed by atoms with Gasteiger partial charge in [-0.05, 0) is 53.7 Å². The van der Waals surface area contributed by atoms with Crippen LogP contribution in [0.4, 0.5) is 4.39 Å². The molecule has 6 nitrogen and oxygen atoms in total. The summed E-state index contributed by atoms with van der Waals surface area (Å²) in [6.07, 6.45) is 1.39. The number of hydrogen-bond donors (Lipinski definition) is 1. The second kappa shape index (κ2) is 8.59. The Morgan fingerprint density at radius 1 is 1.28 bits per heavy atom. The lowest BCUT2D eigenvalue weighted by Crippen LogP contribution is -2.52. The first-order valence-corrected chi connectivity index (χ1v) is 9.18. The molecule has 0 aliphatic carbocycles. The molecule has 29 heavy (non-hydrogen) atoms. The van der Waals surface area contributed by atoms with Crippen molar-refractivity contribution in [1.29, 1.82) is 0 Å². The summed E-state index contributed by atoms with van der Waals surface area (Å²) < 4.78 is 24.4. The van der Waals surface area contributed by atoms with Crippen LogP contribution in [0.2, 0.25) is 5.02 Å². The van der Waals surface area contributed by atoms with E-state index >= 15 is 0 Å². The molecule has 1 N–H and O–H groups in total. The van der Waals surface area contributed by atoms with Crippen molar-refractivity contribution in [1.82, 2.24) is 10.2 Å². The minimum absolute atomic E-state index is 0.0360. The van der Waals surface area contributed by atoms with Gasteiger partial charge in [0.2, 0.25) is 0 Å². The van der Waals surface area contributed by atoms with Gasteiger partial charge in [-0.2, -0.15) is 0 Å². The SMILES string of the molecule is COc1cc(C=C2C(=O)NC(=S)N(C)C2=O)cc(Cl)c1OCc1cccc(F)c1. The number of methoxy groups -OCH3 is 1. The molecule has 150 valence electrons. The number of nitrogens with one attached hydrogen (secondary N) is 1. The summed E-state index contributed by atoms with van der Waals surface area (Å²) in [6, 6.07) is 9.10. The van der Waals surface area contributed by atoms with E-state index in [-0.39, 0.29) is 33.9 Å². The predicted octanol–water partition coefficient (Wildman–Crippen LogP) is 3.32. The lowest BCUT2D eigenvalue weighted by atomic mass is 10.1. The molecule has 2 aromatic carbocycles. The minimum atomic E-state index is -0.598. The monoisotopic (exact) mass is 434 g/mol. The lowest BCUT2D eigenvalue weighted by molar-refractivity contribution is -0.128. The van der Waals surface area contributed by atoms with Crippen molar-refractivity contribution in [3.8, 4) is 11.5 Å². The Balaban J connectivity index is 1.89. The number of thiocarbonyl (C=S) groups is 1. The quantitative estimate of drug-likeness (QED) is 0.444. The van der Waals surface area contributed by atoms with Crippen LogP contribution in [0.5, 0.6) is 11.5 Å². The van der Waals surface area contributed by atoms with Gasteiger partial charge in [-0.15, -0.1) is 0 Å². The van der Waals surface area contributed by atoms with Crippen molar-refractivity contribution in [2.45, 2.75) is 6.61 Å². The number of rotatable bonds is 5. The zero-order valence-corrected chi connectivity index (χ0v) is 17.1. The largest absolute Gasteiger partial charge is 0.493 e. The van der Waals surface area contributed by atoms with Crippen LogP contribution in [0, 0.1) is 5.82 Å². The number of carbonyl (C=O) groups is 2. The first-order valence-electron chi connectivity index (χ1n) is 8.40. The van der Waals surface area contributed by atoms with E-state index in [4.69, 9.17) is 33.3 Å². The van der Waals surface area contributed by atoms with Gasteiger partial charge in [0.05, 0.1) is 12.1 Å². The molecule has 9 heteroatoms. The highest BCUT2D eigenvalue weighted by molar-refractivity contribution is 7.80. The van der Waals surface area contributed by atoms with Crippen LogP contribution in [0.3, 0.4) is 0 Å². The average Bonchev–Trinajstić information content (AvgIpc) is 2.68. The highest BCUT2D eigenvalue weighted by Gasteiger charge is 2.30. The molecule has 3 rings (SSSR count). The summed E-state index contributed by atoms with van der Waals surface area (Å²) >= 11 is 11.2. The van der Waals surface area contributed by atoms with E-state index < -0.39 is 11.8 Å². The molecule has 1 aliphatic heterocycles. The van der Waals surface area contributed by atoms with Crippen LogP contribution < -0.4 is 14.8 Å². The molecule has 0 atom stereocenters. The van der Waals surface area contributed by atoms with E-state index in [0.717, 1.165) is 4.90 Å². The van der Waals surface area contributed by atoms with Crippen molar-refractivity contribution >= 4 is 46.8 Å². The molecular weight excluding hydrogens is 419 g/mol. The van der Waals surface area contributed by atoms with E-state index in [1.54, 1.807) is 18.2 Å². The number of benzene rings is 2. The van der Waals surface area contributed by atoms with Gasteiger partial charge in [0, 0.05) is 7.05 Å². The fraction of sp³-hybridized carbons (Fsp3) is 0.150. The van der Waals surface area contributed by atoms with Crippen LogP contribution >= 0.6 is 23.8 Å². The van der Waals surface area contributed by atoms with Crippen molar-refractivity contribution in [3.63, 3.8) is 0 Å². The highest BCUT2D eigenvalue weighted by Crippen LogP contribution is 2.37. The lowest BCUT2D eigenvalue weighted by Gasteiger charge is -2.25. The summed E-state index contributed by atoms with van der Waals surface area (Å²) in [6.45, 7) is 0.0808. The standard InChI is InChI=1S/C20H16ClFN2O4S/c1-24-19(26)14(18(25)23-20(24)29)7-12-8-15(21)17(16(9-12)27-2)28-10-11-4-3-5-13(22)6-11/h3-9H,10H2,1-2H3,(H,23,25,29). The number of amides is 2. The third-order valence-corrected chi connectivity index (χ3v) is 4.80. The average molecular weight is 435 g/mol. The molecule has 0 bridgehead atoms. The molecule has 0 radical (unpaired) electrons. The van der Waals surface area contributed by atoms with E-state index in [9.17, 15) is 14.0 Å². The zero-order valence-electron chi connectivity index (χ0n) is 15.5. The van der Waals surface area contributed by atoms with Gasteiger partial charge >= 0.3 is 0 Å². The maximum atomic E-state index is 13.3. The number of carbonyl (C=O) groups excluding carboxylic acids is 2. The van der Waals surface area contributed by atoms with Crippen molar-refractivity contribution in [2.75, 3.05) is 14.2 Å². The van der Waals surface area contributed by atoms with Crippen molar-refractivity contribution < 1.29 is 23.5 Å². The molecule has 1 heterocycles. The highest BCUT2D eigenvalue weighted by atomic mass is 35.5. The second-order valence-electron chi connectivity index (χ2n) is 6.13. The van der Waals surface area contributed by atoms with Gasteiger partial charge in [0.25, 0.3) is 11.8 Å². The molecule has 0 aromatic heterocycles. The van der Waals surface area contributed by atoms with Crippen LogP contribution in [-0.4, -0.2) is 36.0 Å². The third kappa shape index (κ3) is 4.55. The van der Waals surface area contributed by atoms with Gasteiger partial charge < -0.3 is 9.47 Å². The van der Waals surface area contributed by atoms with E-state index in [1.807, 2.05) is 0 Å². The maximum absolute atomic E-state index is 13.3. The van der Waals surface area contributed by atoms with Crippen LogP contribution in [-0.2, 0) is 16.2 Å². The zero-order chi connectivity index (χ0) is 21.1. The van der Waals surface area contributed by atoms with E-state index in [2.05, 4.69) is 5.32 Å².